The number of carbonyl (C=O) groups is 4. The predicted octanol–water partition coefficient (Wildman–Crippen LogP) is 17.1. The fraction of sp³-hybridized carbons (Fsp3) is 0.937. The van der Waals surface area contributed by atoms with Gasteiger partial charge in [-0.1, -0.05) is 254 Å². The smallest absolute Gasteiger partial charge is 0.462 e. The molecular formula is C63H122O17P2. The van der Waals surface area contributed by atoms with E-state index in [0.29, 0.717) is 37.5 Å². The Bertz CT molecular complexity index is 1630. The molecule has 0 radical (unpaired) electrons. The number of hydrogen-bond donors (Lipinski definition) is 3. The molecule has 5 atom stereocenters. The van der Waals surface area contributed by atoms with Crippen molar-refractivity contribution in [3.05, 3.63) is 0 Å². The van der Waals surface area contributed by atoms with Crippen molar-refractivity contribution in [2.75, 3.05) is 39.6 Å². The third-order valence-electron chi connectivity index (χ3n) is 14.4. The maximum absolute atomic E-state index is 13.0. The summed E-state index contributed by atoms with van der Waals surface area (Å²) in [5, 5.41) is 10.5. The first-order valence-corrected chi connectivity index (χ1v) is 35.8. The van der Waals surface area contributed by atoms with Crippen LogP contribution >= 0.6 is 15.6 Å². The van der Waals surface area contributed by atoms with Gasteiger partial charge < -0.3 is 33.8 Å². The van der Waals surface area contributed by atoms with Gasteiger partial charge >= 0.3 is 39.5 Å². The van der Waals surface area contributed by atoms with Crippen LogP contribution in [0, 0.1) is 17.8 Å². The lowest BCUT2D eigenvalue weighted by Gasteiger charge is -2.21. The van der Waals surface area contributed by atoms with Gasteiger partial charge in [-0.25, -0.2) is 9.13 Å². The molecule has 2 unspecified atom stereocenters. The molecule has 0 aliphatic rings. The molecule has 19 heteroatoms. The van der Waals surface area contributed by atoms with Gasteiger partial charge in [-0.05, 0) is 43.4 Å². The molecule has 0 spiro atoms. The molecule has 486 valence electrons. The van der Waals surface area contributed by atoms with Crippen molar-refractivity contribution in [1.29, 1.82) is 0 Å². The van der Waals surface area contributed by atoms with Crippen LogP contribution in [0.25, 0.3) is 0 Å². The van der Waals surface area contributed by atoms with Gasteiger partial charge in [-0.2, -0.15) is 0 Å². The SMILES string of the molecule is CCCCCCCCCC(=O)OC[C@H](COP(=O)(O)OC[C@H](O)COP(=O)(O)OC[C@@H](COC(=O)CCCCCCCCCC(C)C)OC(=O)CCCCCCCCCCCCCCC(C)C)OC(=O)CCCCCCCCCC(C)C. The number of aliphatic hydroxyl groups excluding tert-OH is 1. The van der Waals surface area contributed by atoms with E-state index < -0.39 is 97.5 Å². The molecule has 0 bridgehead atoms. The zero-order valence-corrected chi connectivity index (χ0v) is 54.7. The molecule has 0 rings (SSSR count). The van der Waals surface area contributed by atoms with Crippen molar-refractivity contribution in [1.82, 2.24) is 0 Å². The van der Waals surface area contributed by atoms with E-state index in [2.05, 4.69) is 48.5 Å². The minimum absolute atomic E-state index is 0.103. The summed E-state index contributed by atoms with van der Waals surface area (Å²) in [6.07, 6.45) is 35.1. The van der Waals surface area contributed by atoms with E-state index in [4.69, 9.17) is 37.0 Å². The van der Waals surface area contributed by atoms with Gasteiger partial charge in [-0.15, -0.1) is 0 Å². The number of carbonyl (C=O) groups excluding carboxylic acids is 4. The van der Waals surface area contributed by atoms with Crippen LogP contribution in [-0.4, -0.2) is 96.7 Å². The summed E-state index contributed by atoms with van der Waals surface area (Å²) in [6, 6.07) is 0. The lowest BCUT2D eigenvalue weighted by Crippen LogP contribution is -2.30. The largest absolute Gasteiger partial charge is 0.472 e. The van der Waals surface area contributed by atoms with Crippen LogP contribution in [0.5, 0.6) is 0 Å². The summed E-state index contributed by atoms with van der Waals surface area (Å²) >= 11 is 0. The molecular weight excluding hydrogens is 1090 g/mol. The van der Waals surface area contributed by atoms with Gasteiger partial charge in [0.2, 0.25) is 0 Å². The molecule has 0 saturated carbocycles. The van der Waals surface area contributed by atoms with Crippen LogP contribution in [0.4, 0.5) is 0 Å². The van der Waals surface area contributed by atoms with Crippen molar-refractivity contribution in [3.8, 4) is 0 Å². The van der Waals surface area contributed by atoms with Crippen molar-refractivity contribution in [2.45, 2.75) is 324 Å². The average Bonchev–Trinajstić information content (AvgIpc) is 3.44. The van der Waals surface area contributed by atoms with Gasteiger partial charge in [0.25, 0.3) is 0 Å². The standard InChI is InChI=1S/C63H122O17P2/c1-8-9-10-11-20-30-37-44-60(65)73-50-58(80-63(68)47-40-33-26-19-23-29-36-43-56(6)7)52-77-81(69,70)75-48-57(64)49-76-82(71,72)78-53-59(51-74-61(66)45-38-31-25-18-22-28-35-42-55(4)5)79-62(67)46-39-32-24-17-15-13-12-14-16-21-27-34-41-54(2)3/h54-59,64H,8-53H2,1-7H3,(H,69,70)(H,71,72)/t57-,58+,59+/m0/s1. The number of phosphoric ester groups is 2. The van der Waals surface area contributed by atoms with Gasteiger partial charge in [0.1, 0.15) is 19.3 Å². The number of aliphatic hydroxyl groups is 1. The molecule has 0 fully saturated rings. The summed E-state index contributed by atoms with van der Waals surface area (Å²) < 4.78 is 67.8. The Kier molecular flexibility index (Phi) is 53.2. The maximum Gasteiger partial charge on any atom is 0.472 e. The van der Waals surface area contributed by atoms with E-state index in [1.165, 1.54) is 96.3 Å². The molecule has 0 amide bonds. The average molecular weight is 1210 g/mol. The molecule has 17 nitrogen and oxygen atoms in total. The molecule has 0 aromatic carbocycles. The molecule has 3 N–H and O–H groups in total. The minimum Gasteiger partial charge on any atom is -0.462 e. The zero-order valence-electron chi connectivity index (χ0n) is 52.9. The molecule has 0 heterocycles. The zero-order chi connectivity index (χ0) is 61.0. The normalized spacial score (nSPS) is 14.4. The van der Waals surface area contributed by atoms with E-state index in [9.17, 15) is 43.2 Å². The number of hydrogen-bond acceptors (Lipinski definition) is 15. The van der Waals surface area contributed by atoms with Crippen LogP contribution in [-0.2, 0) is 65.4 Å². The van der Waals surface area contributed by atoms with Gasteiger partial charge in [-0.3, -0.25) is 37.3 Å². The number of rotatable bonds is 61. The quantitative estimate of drug-likeness (QED) is 0.0222. The maximum atomic E-state index is 13.0. The molecule has 82 heavy (non-hydrogen) atoms. The molecule has 0 aromatic heterocycles. The second-order valence-corrected chi connectivity index (χ2v) is 27.1. The third kappa shape index (κ3) is 57.2. The third-order valence-corrected chi connectivity index (χ3v) is 16.3. The number of unbranched alkanes of at least 4 members (excludes halogenated alkanes) is 29. The van der Waals surface area contributed by atoms with Crippen LogP contribution in [0.2, 0.25) is 0 Å². The molecule has 0 aromatic rings. The lowest BCUT2D eigenvalue weighted by atomic mass is 10.0. The highest BCUT2D eigenvalue weighted by atomic mass is 31.2. The van der Waals surface area contributed by atoms with Crippen LogP contribution in [0.1, 0.15) is 305 Å². The van der Waals surface area contributed by atoms with Crippen molar-refractivity contribution >= 4 is 39.5 Å². The first kappa shape index (κ1) is 80.1. The van der Waals surface area contributed by atoms with Gasteiger partial charge in [0.05, 0.1) is 26.4 Å². The highest BCUT2D eigenvalue weighted by Gasteiger charge is 2.30. The highest BCUT2D eigenvalue weighted by Crippen LogP contribution is 2.45. The molecule has 0 saturated heterocycles. The Morgan fingerprint density at radius 3 is 0.829 bits per heavy atom. The number of phosphoric acid groups is 2. The monoisotopic (exact) mass is 1210 g/mol. The van der Waals surface area contributed by atoms with Gasteiger partial charge in [0, 0.05) is 25.7 Å². The summed E-state index contributed by atoms with van der Waals surface area (Å²) in [5.74, 6) is 0.0341. The Hall–Kier alpha value is -1.94. The Balaban J connectivity index is 5.21. The van der Waals surface area contributed by atoms with Crippen molar-refractivity contribution in [3.63, 3.8) is 0 Å². The number of ether oxygens (including phenoxy) is 4. The van der Waals surface area contributed by atoms with E-state index in [1.54, 1.807) is 0 Å². The Morgan fingerprint density at radius 1 is 0.329 bits per heavy atom. The minimum atomic E-state index is -4.94. The van der Waals surface area contributed by atoms with Crippen LogP contribution in [0.3, 0.4) is 0 Å². The van der Waals surface area contributed by atoms with Gasteiger partial charge in [0.15, 0.2) is 12.2 Å². The first-order chi connectivity index (χ1) is 39.2. The summed E-state index contributed by atoms with van der Waals surface area (Å²) in [5.41, 5.74) is 0. The Labute approximate surface area is 498 Å². The fourth-order valence-corrected chi connectivity index (χ4v) is 10.9. The highest BCUT2D eigenvalue weighted by molar-refractivity contribution is 7.47. The summed E-state index contributed by atoms with van der Waals surface area (Å²) in [4.78, 5) is 72.0. The number of esters is 4. The Morgan fingerprint density at radius 2 is 0.561 bits per heavy atom. The summed E-state index contributed by atoms with van der Waals surface area (Å²) in [6.45, 7) is 11.6. The lowest BCUT2D eigenvalue weighted by molar-refractivity contribution is -0.161. The first-order valence-electron chi connectivity index (χ1n) is 32.8. The van der Waals surface area contributed by atoms with E-state index in [-0.39, 0.29) is 25.7 Å². The van der Waals surface area contributed by atoms with Crippen molar-refractivity contribution < 1.29 is 80.2 Å². The van der Waals surface area contributed by atoms with Crippen LogP contribution in [0.15, 0.2) is 0 Å². The second-order valence-electron chi connectivity index (χ2n) is 24.2. The fourth-order valence-electron chi connectivity index (χ4n) is 9.30. The van der Waals surface area contributed by atoms with Crippen molar-refractivity contribution in [2.24, 2.45) is 17.8 Å². The molecule has 0 aliphatic heterocycles. The van der Waals surface area contributed by atoms with Crippen LogP contribution < -0.4 is 0 Å². The molecule has 0 aliphatic carbocycles. The van der Waals surface area contributed by atoms with E-state index in [0.717, 1.165) is 115 Å². The summed E-state index contributed by atoms with van der Waals surface area (Å²) in [7, 11) is -9.88. The van der Waals surface area contributed by atoms with E-state index in [1.807, 2.05) is 0 Å². The predicted molar refractivity (Wildman–Crippen MR) is 326 cm³/mol. The topological polar surface area (TPSA) is 237 Å². The second kappa shape index (κ2) is 54.5. The van der Waals surface area contributed by atoms with E-state index >= 15 is 0 Å².